The number of hydrogen-bond donors (Lipinski definition) is 1. The van der Waals surface area contributed by atoms with Gasteiger partial charge >= 0.3 is 11.9 Å². The first-order valence-electron chi connectivity index (χ1n) is 3.19. The zero-order valence-corrected chi connectivity index (χ0v) is 6.29. The number of aliphatic carboxylic acids is 1. The summed E-state index contributed by atoms with van der Waals surface area (Å²) in [7, 11) is 1.37. The lowest BCUT2D eigenvalue weighted by Gasteiger charge is -2.11. The van der Waals surface area contributed by atoms with Crippen molar-refractivity contribution in [3.8, 4) is 0 Å². The normalized spacial score (nSPS) is 11.6. The minimum absolute atomic E-state index is 0.519. The van der Waals surface area contributed by atoms with Gasteiger partial charge in [0.1, 0.15) is 0 Å². The average molecular weight is 175 g/mol. The molecule has 12 heavy (non-hydrogen) atoms. The van der Waals surface area contributed by atoms with Gasteiger partial charge in [-0.15, -0.1) is 0 Å². The molecule has 0 saturated carbocycles. The summed E-state index contributed by atoms with van der Waals surface area (Å²) in [4.78, 5) is 10.1. The van der Waals surface area contributed by atoms with Gasteiger partial charge in [0, 0.05) is 13.2 Å². The van der Waals surface area contributed by atoms with Crippen molar-refractivity contribution in [3.63, 3.8) is 0 Å². The molecular weight excluding hydrogens is 168 g/mol. The van der Waals surface area contributed by atoms with Crippen LogP contribution in [0.3, 0.4) is 0 Å². The number of rotatable bonds is 2. The highest BCUT2D eigenvalue weighted by Gasteiger charge is 2.42. The van der Waals surface area contributed by atoms with Crippen molar-refractivity contribution in [3.05, 3.63) is 24.0 Å². The molecule has 0 aliphatic carbocycles. The fourth-order valence-electron chi connectivity index (χ4n) is 0.897. The molecule has 0 bridgehead atoms. The molecule has 1 rings (SSSR count). The maximum atomic E-state index is 12.8. The van der Waals surface area contributed by atoms with Crippen LogP contribution in [0.2, 0.25) is 0 Å². The van der Waals surface area contributed by atoms with Gasteiger partial charge in [0.05, 0.1) is 5.69 Å². The third-order valence-corrected chi connectivity index (χ3v) is 1.53. The van der Waals surface area contributed by atoms with E-state index in [1.165, 1.54) is 19.3 Å². The van der Waals surface area contributed by atoms with Crippen LogP contribution in [0.25, 0.3) is 0 Å². The van der Waals surface area contributed by atoms with E-state index in [1.807, 2.05) is 0 Å². The summed E-state index contributed by atoms with van der Waals surface area (Å²) in [6.45, 7) is 0. The number of aryl methyl sites for hydroxylation is 1. The minimum Gasteiger partial charge on any atom is -0.476 e. The zero-order valence-electron chi connectivity index (χ0n) is 6.29. The van der Waals surface area contributed by atoms with E-state index in [9.17, 15) is 13.6 Å². The summed E-state index contributed by atoms with van der Waals surface area (Å²) in [5.74, 6) is -5.94. The standard InChI is InChI=1S/C7H7F2NO2/c1-10-4-2-3-5(10)7(8,9)6(11)12/h2-4H,1H3,(H,11,12). The highest BCUT2D eigenvalue weighted by Crippen LogP contribution is 2.27. The van der Waals surface area contributed by atoms with Crippen LogP contribution in [0.1, 0.15) is 5.69 Å². The summed E-state index contributed by atoms with van der Waals surface area (Å²) < 4.78 is 26.6. The molecule has 0 unspecified atom stereocenters. The highest BCUT2D eigenvalue weighted by atomic mass is 19.3. The molecule has 0 radical (unpaired) electrons. The molecule has 5 heteroatoms. The fraction of sp³-hybridized carbons (Fsp3) is 0.286. The summed E-state index contributed by atoms with van der Waals surface area (Å²) in [6, 6.07) is 2.44. The molecule has 3 nitrogen and oxygen atoms in total. The van der Waals surface area contributed by atoms with Crippen LogP contribution in [0.5, 0.6) is 0 Å². The largest absolute Gasteiger partial charge is 0.476 e. The van der Waals surface area contributed by atoms with Gasteiger partial charge in [-0.05, 0) is 12.1 Å². The predicted octanol–water partition coefficient (Wildman–Crippen LogP) is 1.20. The van der Waals surface area contributed by atoms with E-state index < -0.39 is 17.6 Å². The number of carbonyl (C=O) groups is 1. The van der Waals surface area contributed by atoms with E-state index in [1.54, 1.807) is 0 Å². The number of hydrogen-bond acceptors (Lipinski definition) is 1. The Morgan fingerprint density at radius 2 is 2.25 bits per heavy atom. The second kappa shape index (κ2) is 2.58. The molecule has 0 fully saturated rings. The summed E-state index contributed by atoms with van der Waals surface area (Å²) in [5.41, 5.74) is -0.519. The number of alkyl halides is 2. The Bertz CT molecular complexity index is 306. The van der Waals surface area contributed by atoms with Crippen LogP contribution < -0.4 is 0 Å². The van der Waals surface area contributed by atoms with Crippen molar-refractivity contribution >= 4 is 5.97 Å². The van der Waals surface area contributed by atoms with Gasteiger partial charge in [0.2, 0.25) is 0 Å². The molecule has 0 aliphatic rings. The van der Waals surface area contributed by atoms with Gasteiger partial charge in [-0.2, -0.15) is 8.78 Å². The second-order valence-electron chi connectivity index (χ2n) is 2.38. The van der Waals surface area contributed by atoms with E-state index in [4.69, 9.17) is 5.11 Å². The number of carboxylic acid groups (broad SMARTS) is 1. The second-order valence-corrected chi connectivity index (χ2v) is 2.38. The molecule has 0 aliphatic heterocycles. The van der Waals surface area contributed by atoms with Crippen LogP contribution >= 0.6 is 0 Å². The Morgan fingerprint density at radius 3 is 2.58 bits per heavy atom. The Hall–Kier alpha value is -1.39. The number of nitrogens with zero attached hydrogens (tertiary/aromatic N) is 1. The maximum absolute atomic E-state index is 12.8. The van der Waals surface area contributed by atoms with E-state index >= 15 is 0 Å². The number of halogens is 2. The summed E-state index contributed by atoms with van der Waals surface area (Å²) in [6.07, 6.45) is 1.37. The molecule has 0 aromatic carbocycles. The molecule has 0 amide bonds. The van der Waals surface area contributed by atoms with Crippen molar-refractivity contribution in [2.75, 3.05) is 0 Å². The average Bonchev–Trinajstić information content (AvgIpc) is 2.35. The van der Waals surface area contributed by atoms with Crippen LogP contribution in [-0.2, 0) is 17.8 Å². The first-order valence-corrected chi connectivity index (χ1v) is 3.19. The van der Waals surface area contributed by atoms with Gasteiger partial charge in [-0.3, -0.25) is 0 Å². The van der Waals surface area contributed by atoms with Crippen LogP contribution in [-0.4, -0.2) is 15.6 Å². The third kappa shape index (κ3) is 1.17. The molecule has 0 spiro atoms. The molecule has 1 aromatic rings. The summed E-state index contributed by atoms with van der Waals surface area (Å²) in [5, 5.41) is 8.17. The smallest absolute Gasteiger partial charge is 0.382 e. The predicted molar refractivity (Wildman–Crippen MR) is 36.9 cm³/mol. The Labute approximate surface area is 67.2 Å². The Kier molecular flexibility index (Phi) is 1.87. The van der Waals surface area contributed by atoms with E-state index in [-0.39, 0.29) is 0 Å². The first kappa shape index (κ1) is 8.70. The van der Waals surface area contributed by atoms with Gasteiger partial charge < -0.3 is 9.67 Å². The van der Waals surface area contributed by atoms with Gasteiger partial charge in [0.25, 0.3) is 0 Å². The van der Waals surface area contributed by atoms with Gasteiger partial charge in [-0.25, -0.2) is 4.79 Å². The van der Waals surface area contributed by atoms with E-state index in [0.29, 0.717) is 0 Å². The molecule has 1 heterocycles. The fourth-order valence-corrected chi connectivity index (χ4v) is 0.897. The van der Waals surface area contributed by atoms with Gasteiger partial charge in [0.15, 0.2) is 0 Å². The third-order valence-electron chi connectivity index (χ3n) is 1.53. The van der Waals surface area contributed by atoms with Crippen LogP contribution in [0.4, 0.5) is 8.78 Å². The summed E-state index contributed by atoms with van der Waals surface area (Å²) >= 11 is 0. The van der Waals surface area contributed by atoms with Crippen molar-refractivity contribution in [1.29, 1.82) is 0 Å². The Morgan fingerprint density at radius 1 is 1.67 bits per heavy atom. The Balaban J connectivity index is 3.13. The molecule has 66 valence electrons. The maximum Gasteiger partial charge on any atom is 0.382 e. The molecule has 1 aromatic heterocycles. The molecule has 0 atom stereocenters. The van der Waals surface area contributed by atoms with E-state index in [0.717, 1.165) is 10.6 Å². The molecular formula is C7H7F2NO2. The molecule has 0 saturated heterocycles. The number of carboxylic acids is 1. The van der Waals surface area contributed by atoms with Gasteiger partial charge in [-0.1, -0.05) is 0 Å². The quantitative estimate of drug-likeness (QED) is 0.733. The van der Waals surface area contributed by atoms with Crippen LogP contribution in [0, 0.1) is 0 Å². The van der Waals surface area contributed by atoms with E-state index in [2.05, 4.69) is 0 Å². The van der Waals surface area contributed by atoms with Crippen molar-refractivity contribution < 1.29 is 18.7 Å². The van der Waals surface area contributed by atoms with Crippen molar-refractivity contribution in [1.82, 2.24) is 4.57 Å². The zero-order chi connectivity index (χ0) is 9.35. The number of aromatic nitrogens is 1. The first-order chi connectivity index (χ1) is 5.46. The topological polar surface area (TPSA) is 42.2 Å². The van der Waals surface area contributed by atoms with Crippen molar-refractivity contribution in [2.24, 2.45) is 7.05 Å². The SMILES string of the molecule is Cn1cccc1C(F)(F)C(=O)O. The van der Waals surface area contributed by atoms with Crippen molar-refractivity contribution in [2.45, 2.75) is 5.92 Å². The lowest BCUT2D eigenvalue weighted by molar-refractivity contribution is -0.167. The lowest BCUT2D eigenvalue weighted by atomic mass is 10.2. The van der Waals surface area contributed by atoms with Crippen LogP contribution in [0.15, 0.2) is 18.3 Å². The monoisotopic (exact) mass is 175 g/mol. The highest BCUT2D eigenvalue weighted by molar-refractivity contribution is 5.76. The molecule has 1 N–H and O–H groups in total. The minimum atomic E-state index is -3.81. The lowest BCUT2D eigenvalue weighted by Crippen LogP contribution is -2.27.